The topological polar surface area (TPSA) is 86.8 Å². The molecule has 0 heterocycles. The molecule has 1 aliphatic carbocycles. The summed E-state index contributed by atoms with van der Waals surface area (Å²) in [6.45, 7) is 3.31. The lowest BCUT2D eigenvalue weighted by molar-refractivity contribution is -0.140. The van der Waals surface area contributed by atoms with Gasteiger partial charge in [0.15, 0.2) is 0 Å². The molecule has 0 bridgehead atoms. The Bertz CT molecular complexity index is 1740. The van der Waals surface area contributed by atoms with Crippen LogP contribution in [-0.2, 0) is 32.6 Å². The van der Waals surface area contributed by atoms with Crippen LogP contribution < -0.4 is 9.62 Å². The van der Waals surface area contributed by atoms with Gasteiger partial charge in [0.2, 0.25) is 11.8 Å². The van der Waals surface area contributed by atoms with Gasteiger partial charge in [0.05, 0.1) is 10.6 Å². The van der Waals surface area contributed by atoms with Crippen LogP contribution in [0.3, 0.4) is 0 Å². The minimum Gasteiger partial charge on any atom is -0.352 e. The quantitative estimate of drug-likeness (QED) is 0.196. The van der Waals surface area contributed by atoms with Crippen LogP contribution >= 0.6 is 0 Å². The molecule has 0 aliphatic heterocycles. The van der Waals surface area contributed by atoms with Gasteiger partial charge >= 0.3 is 0 Å². The van der Waals surface area contributed by atoms with Crippen LogP contribution in [0.1, 0.15) is 47.9 Å². The maximum atomic E-state index is 14.6. The molecule has 4 aromatic rings. The zero-order valence-corrected chi connectivity index (χ0v) is 27.0. The van der Waals surface area contributed by atoms with E-state index < -0.39 is 34.3 Å². The number of nitrogens with one attached hydrogen (secondary N) is 1. The molecule has 0 unspecified atom stereocenters. The molecule has 9 heteroatoms. The Morgan fingerprint density at radius 3 is 2.13 bits per heavy atom. The fourth-order valence-corrected chi connectivity index (χ4v) is 7.32. The summed E-state index contributed by atoms with van der Waals surface area (Å²) >= 11 is 0. The molecule has 240 valence electrons. The van der Waals surface area contributed by atoms with Crippen LogP contribution in [-0.4, -0.2) is 43.8 Å². The zero-order chi connectivity index (χ0) is 32.7. The fourth-order valence-electron chi connectivity index (χ4n) is 5.90. The lowest BCUT2D eigenvalue weighted by Gasteiger charge is -2.34. The Balaban J connectivity index is 1.56. The molecule has 46 heavy (non-hydrogen) atoms. The number of rotatable bonds is 12. The predicted octanol–water partition coefficient (Wildman–Crippen LogP) is 6.34. The minimum atomic E-state index is -4.25. The largest absolute Gasteiger partial charge is 0.352 e. The van der Waals surface area contributed by atoms with Gasteiger partial charge in [0, 0.05) is 19.0 Å². The molecule has 7 nitrogen and oxygen atoms in total. The molecule has 5 rings (SSSR count). The number of nitrogens with zero attached hydrogens (tertiary/aromatic N) is 2. The van der Waals surface area contributed by atoms with Gasteiger partial charge < -0.3 is 10.2 Å². The zero-order valence-electron chi connectivity index (χ0n) is 26.2. The molecule has 1 atom stereocenters. The first kappa shape index (κ1) is 32.9. The SMILES string of the molecule is Cc1ccc(S(=O)(=O)N(CC(=O)N(Cc2cccc(C)c2)[C@@H](Cc2ccccc2)C(=O)NC2CCCC2)c2ccc(F)cc2)cc1. The minimum absolute atomic E-state index is 0.000251. The highest BCUT2D eigenvalue weighted by molar-refractivity contribution is 7.92. The van der Waals surface area contributed by atoms with Crippen molar-refractivity contribution < 1.29 is 22.4 Å². The van der Waals surface area contributed by atoms with E-state index in [0.717, 1.165) is 64.4 Å². The van der Waals surface area contributed by atoms with Crippen molar-refractivity contribution in [1.82, 2.24) is 10.2 Å². The smallest absolute Gasteiger partial charge is 0.264 e. The van der Waals surface area contributed by atoms with Crippen molar-refractivity contribution in [3.63, 3.8) is 0 Å². The lowest BCUT2D eigenvalue weighted by atomic mass is 10.0. The Morgan fingerprint density at radius 1 is 0.826 bits per heavy atom. The third-order valence-corrected chi connectivity index (χ3v) is 10.2. The number of aryl methyl sites for hydroxylation is 2. The fraction of sp³-hybridized carbons (Fsp3) is 0.297. The number of hydrogen-bond donors (Lipinski definition) is 1. The van der Waals surface area contributed by atoms with Crippen LogP contribution in [0.15, 0.2) is 108 Å². The number of carbonyl (C=O) groups is 2. The van der Waals surface area contributed by atoms with E-state index in [1.54, 1.807) is 12.1 Å². The molecule has 4 aromatic carbocycles. The number of halogens is 1. The normalized spacial score (nSPS) is 14.1. The van der Waals surface area contributed by atoms with Crippen molar-refractivity contribution >= 4 is 27.5 Å². The van der Waals surface area contributed by atoms with E-state index in [-0.39, 0.29) is 35.5 Å². The summed E-state index contributed by atoms with van der Waals surface area (Å²) in [6.07, 6.45) is 4.07. The summed E-state index contributed by atoms with van der Waals surface area (Å²) in [4.78, 5) is 30.1. The van der Waals surface area contributed by atoms with Crippen molar-refractivity contribution in [2.45, 2.75) is 69.5 Å². The van der Waals surface area contributed by atoms with E-state index in [4.69, 9.17) is 0 Å². The average Bonchev–Trinajstić information content (AvgIpc) is 3.55. The third kappa shape index (κ3) is 8.20. The van der Waals surface area contributed by atoms with Crippen molar-refractivity contribution in [1.29, 1.82) is 0 Å². The van der Waals surface area contributed by atoms with Gasteiger partial charge in [0.25, 0.3) is 10.0 Å². The van der Waals surface area contributed by atoms with Crippen molar-refractivity contribution in [3.05, 3.63) is 131 Å². The van der Waals surface area contributed by atoms with Crippen molar-refractivity contribution in [2.24, 2.45) is 0 Å². The standard InChI is InChI=1S/C37H40FN3O4S/c1-27-15-21-34(22-16-27)46(44,45)41(33-19-17-31(38)18-20-33)26-36(42)40(25-30-12-8-9-28(2)23-30)35(24-29-10-4-3-5-11-29)37(43)39-32-13-6-7-14-32/h3-5,8-12,15-23,32,35H,6-7,13-14,24-26H2,1-2H3,(H,39,43)/t35-/m0/s1. The molecular weight excluding hydrogens is 601 g/mol. The van der Waals surface area contributed by atoms with Gasteiger partial charge in [-0.05, 0) is 74.2 Å². The number of hydrogen-bond acceptors (Lipinski definition) is 4. The Kier molecular flexibility index (Phi) is 10.5. The Morgan fingerprint density at radius 2 is 1.48 bits per heavy atom. The third-order valence-electron chi connectivity index (χ3n) is 8.41. The van der Waals surface area contributed by atoms with Crippen molar-refractivity contribution in [3.8, 4) is 0 Å². The second-order valence-electron chi connectivity index (χ2n) is 12.0. The monoisotopic (exact) mass is 641 g/mol. The molecular formula is C37H40FN3O4S. The van der Waals surface area contributed by atoms with E-state index in [2.05, 4.69) is 5.32 Å². The number of amides is 2. The first-order chi connectivity index (χ1) is 22.1. The van der Waals surface area contributed by atoms with Crippen LogP contribution in [0.25, 0.3) is 0 Å². The van der Waals surface area contributed by atoms with E-state index >= 15 is 0 Å². The van der Waals surface area contributed by atoms with Crippen LogP contribution in [0, 0.1) is 19.7 Å². The van der Waals surface area contributed by atoms with Crippen molar-refractivity contribution in [2.75, 3.05) is 10.8 Å². The molecule has 1 saturated carbocycles. The number of carbonyl (C=O) groups excluding carboxylic acids is 2. The molecule has 1 aliphatic rings. The molecule has 0 aromatic heterocycles. The second kappa shape index (κ2) is 14.7. The molecule has 1 fully saturated rings. The lowest BCUT2D eigenvalue weighted by Crippen LogP contribution is -2.54. The Labute approximate surface area is 271 Å². The summed E-state index contributed by atoms with van der Waals surface area (Å²) in [5, 5.41) is 3.18. The molecule has 0 radical (unpaired) electrons. The number of anilines is 1. The highest BCUT2D eigenvalue weighted by Crippen LogP contribution is 2.26. The number of sulfonamides is 1. The van der Waals surface area contributed by atoms with Gasteiger partial charge in [-0.15, -0.1) is 0 Å². The second-order valence-corrected chi connectivity index (χ2v) is 13.9. The first-order valence-electron chi connectivity index (χ1n) is 15.6. The van der Waals surface area contributed by atoms with Gasteiger partial charge in [-0.25, -0.2) is 12.8 Å². The molecule has 1 N–H and O–H groups in total. The summed E-state index contributed by atoms with van der Waals surface area (Å²) in [5.74, 6) is -1.36. The summed E-state index contributed by atoms with van der Waals surface area (Å²) in [5.41, 5.74) is 3.70. The van der Waals surface area contributed by atoms with Crippen LogP contribution in [0.4, 0.5) is 10.1 Å². The maximum absolute atomic E-state index is 14.6. The summed E-state index contributed by atoms with van der Waals surface area (Å²) < 4.78 is 43.2. The van der Waals surface area contributed by atoms with E-state index in [9.17, 15) is 22.4 Å². The van der Waals surface area contributed by atoms with E-state index in [0.29, 0.717) is 0 Å². The van der Waals surface area contributed by atoms with Crippen LogP contribution in [0.2, 0.25) is 0 Å². The maximum Gasteiger partial charge on any atom is 0.264 e. The van der Waals surface area contributed by atoms with E-state index in [1.165, 1.54) is 29.2 Å². The highest BCUT2D eigenvalue weighted by atomic mass is 32.2. The van der Waals surface area contributed by atoms with Gasteiger partial charge in [0.1, 0.15) is 18.4 Å². The number of benzene rings is 4. The molecule has 0 spiro atoms. The van der Waals surface area contributed by atoms with Gasteiger partial charge in [-0.3, -0.25) is 13.9 Å². The van der Waals surface area contributed by atoms with Gasteiger partial charge in [-0.1, -0.05) is 90.7 Å². The van der Waals surface area contributed by atoms with Crippen LogP contribution in [0.5, 0.6) is 0 Å². The predicted molar refractivity (Wildman–Crippen MR) is 178 cm³/mol. The van der Waals surface area contributed by atoms with Gasteiger partial charge in [-0.2, -0.15) is 0 Å². The average molecular weight is 642 g/mol. The summed E-state index contributed by atoms with van der Waals surface area (Å²) in [7, 11) is -4.25. The molecule has 2 amide bonds. The molecule has 0 saturated heterocycles. The highest BCUT2D eigenvalue weighted by Gasteiger charge is 2.35. The van der Waals surface area contributed by atoms with E-state index in [1.807, 2.05) is 68.4 Å². The first-order valence-corrected chi connectivity index (χ1v) is 17.1. The Hall–Kier alpha value is -4.50. The summed E-state index contributed by atoms with van der Waals surface area (Å²) in [6, 6.07) is 27.7.